The molecule has 0 heterocycles. The molecule has 2 nitrogen and oxygen atoms in total. The van der Waals surface area contributed by atoms with Crippen molar-refractivity contribution in [1.29, 1.82) is 0 Å². The summed E-state index contributed by atoms with van der Waals surface area (Å²) >= 11 is 0. The lowest BCUT2D eigenvalue weighted by Gasteiger charge is -1.93. The average Bonchev–Trinajstić information content (AvgIpc) is 1.66. The van der Waals surface area contributed by atoms with Gasteiger partial charge in [0.05, 0.1) is 6.61 Å². The van der Waals surface area contributed by atoms with Crippen LogP contribution in [-0.2, 0) is 9.53 Å². The van der Waals surface area contributed by atoms with E-state index in [1.165, 1.54) is 6.92 Å². The standard InChI is InChI=1S/C5H9FO2/c1-5(7)4-8-3-2-6/h2-4H2,1H3. The lowest BCUT2D eigenvalue weighted by molar-refractivity contribution is -0.121. The van der Waals surface area contributed by atoms with Gasteiger partial charge in [0, 0.05) is 0 Å². The second-order valence-electron chi connectivity index (χ2n) is 1.44. The van der Waals surface area contributed by atoms with Crippen molar-refractivity contribution in [2.24, 2.45) is 0 Å². The monoisotopic (exact) mass is 120 g/mol. The molecule has 0 aliphatic carbocycles. The molecule has 3 heteroatoms. The number of ketones is 1. The van der Waals surface area contributed by atoms with E-state index in [0.717, 1.165) is 0 Å². The van der Waals surface area contributed by atoms with Gasteiger partial charge in [-0.3, -0.25) is 4.79 Å². The van der Waals surface area contributed by atoms with Gasteiger partial charge in [0.15, 0.2) is 5.78 Å². The lowest BCUT2D eigenvalue weighted by atomic mass is 10.5. The molecule has 0 aliphatic rings. The summed E-state index contributed by atoms with van der Waals surface area (Å²) in [6, 6.07) is 0. The van der Waals surface area contributed by atoms with Gasteiger partial charge < -0.3 is 4.74 Å². The summed E-state index contributed by atoms with van der Waals surface area (Å²) in [5, 5.41) is 0. The van der Waals surface area contributed by atoms with E-state index in [-0.39, 0.29) is 19.0 Å². The van der Waals surface area contributed by atoms with Crippen LogP contribution in [0.2, 0.25) is 0 Å². The fourth-order valence-electron chi connectivity index (χ4n) is 0.270. The molecule has 8 heavy (non-hydrogen) atoms. The molecule has 0 radical (unpaired) electrons. The van der Waals surface area contributed by atoms with Crippen LogP contribution in [0.1, 0.15) is 6.92 Å². The summed E-state index contributed by atoms with van der Waals surface area (Å²) in [5.41, 5.74) is 0. The molecule has 0 atom stereocenters. The van der Waals surface area contributed by atoms with Gasteiger partial charge in [0.25, 0.3) is 0 Å². The van der Waals surface area contributed by atoms with Gasteiger partial charge in [0.2, 0.25) is 0 Å². The van der Waals surface area contributed by atoms with Gasteiger partial charge in [0.1, 0.15) is 13.3 Å². The van der Waals surface area contributed by atoms with Crippen LogP contribution in [0.4, 0.5) is 4.39 Å². The minimum Gasteiger partial charge on any atom is -0.371 e. The number of rotatable bonds is 4. The number of hydrogen-bond donors (Lipinski definition) is 0. The normalized spacial score (nSPS) is 9.25. The largest absolute Gasteiger partial charge is 0.371 e. The van der Waals surface area contributed by atoms with Gasteiger partial charge >= 0.3 is 0 Å². The summed E-state index contributed by atoms with van der Waals surface area (Å²) in [5.74, 6) is -0.0709. The highest BCUT2D eigenvalue weighted by molar-refractivity contribution is 5.76. The number of carbonyl (C=O) groups is 1. The highest BCUT2D eigenvalue weighted by Gasteiger charge is 1.89. The smallest absolute Gasteiger partial charge is 0.155 e. The van der Waals surface area contributed by atoms with E-state index < -0.39 is 6.67 Å². The van der Waals surface area contributed by atoms with Crippen molar-refractivity contribution >= 4 is 5.78 Å². The zero-order chi connectivity index (χ0) is 6.41. The molecule has 0 rings (SSSR count). The molecule has 0 saturated heterocycles. The lowest BCUT2D eigenvalue weighted by Crippen LogP contribution is -2.05. The zero-order valence-corrected chi connectivity index (χ0v) is 4.82. The molecule has 0 bridgehead atoms. The van der Waals surface area contributed by atoms with E-state index in [4.69, 9.17) is 0 Å². The number of alkyl halides is 1. The molecule has 0 aliphatic heterocycles. The number of Topliss-reactive ketones (excluding diaryl/α,β-unsaturated/α-hetero) is 1. The predicted octanol–water partition coefficient (Wildman–Crippen LogP) is 0.561. The van der Waals surface area contributed by atoms with Gasteiger partial charge in [-0.25, -0.2) is 4.39 Å². The van der Waals surface area contributed by atoms with Crippen molar-refractivity contribution < 1.29 is 13.9 Å². The zero-order valence-electron chi connectivity index (χ0n) is 4.82. The maximum atomic E-state index is 11.2. The number of ether oxygens (including phenoxy) is 1. The molecular weight excluding hydrogens is 111 g/mol. The first-order valence-electron chi connectivity index (χ1n) is 2.40. The SMILES string of the molecule is CC(=O)COCCF. The number of halogens is 1. The molecule has 0 amide bonds. The summed E-state index contributed by atoms with van der Waals surface area (Å²) in [6.45, 7) is 0.939. The second-order valence-corrected chi connectivity index (χ2v) is 1.44. The third kappa shape index (κ3) is 5.56. The molecule has 0 aromatic carbocycles. The predicted molar refractivity (Wildman–Crippen MR) is 27.5 cm³/mol. The van der Waals surface area contributed by atoms with Crippen molar-refractivity contribution in [3.8, 4) is 0 Å². The van der Waals surface area contributed by atoms with Crippen LogP contribution in [0, 0.1) is 0 Å². The highest BCUT2D eigenvalue weighted by atomic mass is 19.1. The third-order valence-corrected chi connectivity index (χ3v) is 0.527. The van der Waals surface area contributed by atoms with Crippen LogP contribution in [0.5, 0.6) is 0 Å². The minimum absolute atomic E-state index is 0.0274. The Balaban J connectivity index is 2.82. The van der Waals surface area contributed by atoms with Crippen molar-refractivity contribution in [2.45, 2.75) is 6.92 Å². The molecule has 0 aromatic heterocycles. The summed E-state index contributed by atoms with van der Waals surface area (Å²) in [6.07, 6.45) is 0. The van der Waals surface area contributed by atoms with Crippen LogP contribution in [-0.4, -0.2) is 25.7 Å². The van der Waals surface area contributed by atoms with E-state index >= 15 is 0 Å². The molecular formula is C5H9FO2. The summed E-state index contributed by atoms with van der Waals surface area (Å²) < 4.78 is 15.7. The molecule has 0 aromatic rings. The minimum atomic E-state index is -0.521. The Kier molecular flexibility index (Phi) is 4.45. The van der Waals surface area contributed by atoms with E-state index in [0.29, 0.717) is 0 Å². The Labute approximate surface area is 47.6 Å². The molecule has 0 spiro atoms. The first kappa shape index (κ1) is 7.56. The van der Waals surface area contributed by atoms with Crippen molar-refractivity contribution in [3.05, 3.63) is 0 Å². The van der Waals surface area contributed by atoms with Crippen LogP contribution in [0.15, 0.2) is 0 Å². The van der Waals surface area contributed by atoms with Crippen LogP contribution < -0.4 is 0 Å². The highest BCUT2D eigenvalue weighted by Crippen LogP contribution is 1.75. The maximum Gasteiger partial charge on any atom is 0.155 e. The Hall–Kier alpha value is -0.440. The van der Waals surface area contributed by atoms with Crippen LogP contribution >= 0.6 is 0 Å². The molecule has 0 unspecified atom stereocenters. The first-order chi connectivity index (χ1) is 3.77. The molecule has 0 fully saturated rings. The van der Waals surface area contributed by atoms with Crippen molar-refractivity contribution in [2.75, 3.05) is 19.9 Å². The maximum absolute atomic E-state index is 11.2. The van der Waals surface area contributed by atoms with E-state index in [9.17, 15) is 9.18 Å². The fraction of sp³-hybridized carbons (Fsp3) is 0.800. The fourth-order valence-corrected chi connectivity index (χ4v) is 0.270. The van der Waals surface area contributed by atoms with Gasteiger partial charge in [-0.05, 0) is 6.92 Å². The second kappa shape index (κ2) is 4.71. The number of hydrogen-bond acceptors (Lipinski definition) is 2. The van der Waals surface area contributed by atoms with Crippen molar-refractivity contribution in [1.82, 2.24) is 0 Å². The molecule has 48 valence electrons. The Morgan fingerprint density at radius 1 is 1.75 bits per heavy atom. The third-order valence-electron chi connectivity index (χ3n) is 0.527. The van der Waals surface area contributed by atoms with Gasteiger partial charge in [-0.1, -0.05) is 0 Å². The van der Waals surface area contributed by atoms with Crippen LogP contribution in [0.3, 0.4) is 0 Å². The average molecular weight is 120 g/mol. The van der Waals surface area contributed by atoms with E-state index in [1.807, 2.05) is 0 Å². The van der Waals surface area contributed by atoms with E-state index in [2.05, 4.69) is 4.74 Å². The first-order valence-corrected chi connectivity index (χ1v) is 2.40. The van der Waals surface area contributed by atoms with Crippen molar-refractivity contribution in [3.63, 3.8) is 0 Å². The van der Waals surface area contributed by atoms with Crippen LogP contribution in [0.25, 0.3) is 0 Å². The number of carbonyl (C=O) groups excluding carboxylic acids is 1. The Morgan fingerprint density at radius 3 is 2.75 bits per heavy atom. The van der Waals surface area contributed by atoms with E-state index in [1.54, 1.807) is 0 Å². The quantitative estimate of drug-likeness (QED) is 0.507. The van der Waals surface area contributed by atoms with Gasteiger partial charge in [-0.15, -0.1) is 0 Å². The summed E-state index contributed by atoms with van der Waals surface area (Å²) in [7, 11) is 0. The Bertz CT molecular complexity index is 72.8. The molecule has 0 N–H and O–H groups in total. The van der Waals surface area contributed by atoms with Gasteiger partial charge in [-0.2, -0.15) is 0 Å². The molecule has 0 saturated carbocycles. The topological polar surface area (TPSA) is 26.3 Å². The summed E-state index contributed by atoms with van der Waals surface area (Å²) in [4.78, 5) is 10.1. The Morgan fingerprint density at radius 2 is 2.38 bits per heavy atom.